The second-order valence-electron chi connectivity index (χ2n) is 4.84. The van der Waals surface area contributed by atoms with Crippen molar-refractivity contribution in [2.75, 3.05) is 13.2 Å². The predicted octanol–water partition coefficient (Wildman–Crippen LogP) is 2.41. The van der Waals surface area contributed by atoms with Gasteiger partial charge in [-0.25, -0.2) is 4.39 Å². The zero-order valence-corrected chi connectivity index (χ0v) is 12.5. The van der Waals surface area contributed by atoms with Crippen molar-refractivity contribution in [2.24, 2.45) is 5.73 Å². The van der Waals surface area contributed by atoms with E-state index in [4.69, 9.17) is 5.73 Å². The molecule has 3 N–H and O–H groups in total. The Morgan fingerprint density at radius 2 is 2.10 bits per heavy atom. The van der Waals surface area contributed by atoms with Gasteiger partial charge in [-0.15, -0.1) is 0 Å². The summed E-state index contributed by atoms with van der Waals surface area (Å²) >= 11 is 3.37. The van der Waals surface area contributed by atoms with Crippen molar-refractivity contribution < 1.29 is 9.50 Å². The average molecular weight is 339 g/mol. The van der Waals surface area contributed by atoms with Crippen molar-refractivity contribution in [3.8, 4) is 0 Å². The number of hydrogen-bond acceptors (Lipinski definition) is 3. The van der Waals surface area contributed by atoms with E-state index in [2.05, 4.69) is 20.9 Å². The van der Waals surface area contributed by atoms with Gasteiger partial charge < -0.3 is 10.8 Å². The number of nitrogens with zero attached hydrogens (tertiary/aromatic N) is 1. The van der Waals surface area contributed by atoms with E-state index in [1.54, 1.807) is 24.5 Å². The zero-order chi connectivity index (χ0) is 14.6. The molecule has 1 aromatic carbocycles. The molecule has 106 valence electrons. The van der Waals surface area contributed by atoms with E-state index < -0.39 is 5.41 Å². The van der Waals surface area contributed by atoms with Gasteiger partial charge in [0.1, 0.15) is 5.82 Å². The van der Waals surface area contributed by atoms with Crippen LogP contribution < -0.4 is 5.73 Å². The summed E-state index contributed by atoms with van der Waals surface area (Å²) in [4.78, 5) is 4.10. The fourth-order valence-electron chi connectivity index (χ4n) is 2.27. The molecular formula is C15H16BrFN2O. The van der Waals surface area contributed by atoms with Crippen LogP contribution in [0.15, 0.2) is 47.2 Å². The van der Waals surface area contributed by atoms with Crippen LogP contribution in [-0.2, 0) is 11.8 Å². The molecule has 1 aromatic heterocycles. The maximum absolute atomic E-state index is 13.4. The summed E-state index contributed by atoms with van der Waals surface area (Å²) in [5.41, 5.74) is 6.80. The minimum absolute atomic E-state index is 0.153. The molecule has 20 heavy (non-hydrogen) atoms. The molecule has 0 amide bonds. The van der Waals surface area contributed by atoms with Gasteiger partial charge in [0.05, 0.1) is 6.61 Å². The fourth-order valence-corrected chi connectivity index (χ4v) is 2.68. The molecule has 0 saturated heterocycles. The molecule has 1 atom stereocenters. The minimum atomic E-state index is -0.704. The van der Waals surface area contributed by atoms with Crippen LogP contribution in [0, 0.1) is 5.82 Å². The van der Waals surface area contributed by atoms with E-state index in [0.29, 0.717) is 12.0 Å². The van der Waals surface area contributed by atoms with Crippen LogP contribution in [0.2, 0.25) is 0 Å². The van der Waals surface area contributed by atoms with Crippen molar-refractivity contribution >= 4 is 15.9 Å². The summed E-state index contributed by atoms with van der Waals surface area (Å²) in [6.07, 6.45) is 3.91. The second kappa shape index (κ2) is 6.43. The Morgan fingerprint density at radius 3 is 2.70 bits per heavy atom. The lowest BCUT2D eigenvalue weighted by molar-refractivity contribution is 0.195. The highest BCUT2D eigenvalue weighted by molar-refractivity contribution is 9.10. The third kappa shape index (κ3) is 3.23. The molecule has 0 aliphatic rings. The molecule has 0 fully saturated rings. The first-order valence-corrected chi connectivity index (χ1v) is 7.05. The van der Waals surface area contributed by atoms with Gasteiger partial charge >= 0.3 is 0 Å². The van der Waals surface area contributed by atoms with Gasteiger partial charge in [0.25, 0.3) is 0 Å². The third-order valence-electron chi connectivity index (χ3n) is 3.43. The van der Waals surface area contributed by atoms with Crippen LogP contribution in [0.25, 0.3) is 0 Å². The topological polar surface area (TPSA) is 59.1 Å². The standard InChI is InChI=1S/C15H16BrFN2O/c16-13-4-11(7-19-8-13)6-15(9-18,10-20)12-2-1-3-14(17)5-12/h1-5,7-8,20H,6,9-10,18H2. The largest absolute Gasteiger partial charge is 0.395 e. The van der Waals surface area contributed by atoms with Crippen molar-refractivity contribution in [1.29, 1.82) is 0 Å². The molecule has 0 spiro atoms. The van der Waals surface area contributed by atoms with E-state index >= 15 is 0 Å². The quantitative estimate of drug-likeness (QED) is 0.880. The second-order valence-corrected chi connectivity index (χ2v) is 5.76. The number of rotatable bonds is 5. The number of nitrogens with two attached hydrogens (primary N) is 1. The van der Waals surface area contributed by atoms with Crippen LogP contribution in [0.4, 0.5) is 4.39 Å². The number of hydrogen-bond donors (Lipinski definition) is 2. The molecule has 3 nitrogen and oxygen atoms in total. The van der Waals surface area contributed by atoms with Gasteiger partial charge in [-0.3, -0.25) is 4.98 Å². The van der Waals surface area contributed by atoms with Crippen LogP contribution in [0.5, 0.6) is 0 Å². The van der Waals surface area contributed by atoms with Gasteiger partial charge in [-0.2, -0.15) is 0 Å². The Labute approximate surface area is 125 Å². The smallest absolute Gasteiger partial charge is 0.123 e. The van der Waals surface area contributed by atoms with Crippen LogP contribution in [0.1, 0.15) is 11.1 Å². The first-order chi connectivity index (χ1) is 9.59. The Balaban J connectivity index is 2.39. The van der Waals surface area contributed by atoms with E-state index in [9.17, 15) is 9.50 Å². The van der Waals surface area contributed by atoms with E-state index in [1.807, 2.05) is 6.07 Å². The molecule has 0 aliphatic heterocycles. The van der Waals surface area contributed by atoms with Gasteiger partial charge in [0, 0.05) is 28.8 Å². The number of benzene rings is 1. The molecule has 2 rings (SSSR count). The van der Waals surface area contributed by atoms with Crippen molar-refractivity contribution in [3.05, 3.63) is 64.1 Å². The predicted molar refractivity (Wildman–Crippen MR) is 79.9 cm³/mol. The first-order valence-electron chi connectivity index (χ1n) is 6.26. The highest BCUT2D eigenvalue weighted by Crippen LogP contribution is 2.28. The van der Waals surface area contributed by atoms with Gasteiger partial charge in [0.2, 0.25) is 0 Å². The molecule has 1 unspecified atom stereocenters. The zero-order valence-electron chi connectivity index (χ0n) is 10.9. The SMILES string of the molecule is NCC(CO)(Cc1cncc(Br)c1)c1cccc(F)c1. The highest BCUT2D eigenvalue weighted by Gasteiger charge is 2.31. The maximum atomic E-state index is 13.4. The molecule has 0 bridgehead atoms. The number of pyridine rings is 1. The first kappa shape index (κ1) is 15.1. The van der Waals surface area contributed by atoms with Gasteiger partial charge in [0.15, 0.2) is 0 Å². The average Bonchev–Trinajstić information content (AvgIpc) is 2.45. The van der Waals surface area contributed by atoms with Crippen LogP contribution in [0.3, 0.4) is 0 Å². The third-order valence-corrected chi connectivity index (χ3v) is 3.87. The highest BCUT2D eigenvalue weighted by atomic mass is 79.9. The lowest BCUT2D eigenvalue weighted by Gasteiger charge is -2.31. The number of aliphatic hydroxyl groups excluding tert-OH is 1. The molecule has 0 saturated carbocycles. The Bertz CT molecular complexity index is 588. The van der Waals surface area contributed by atoms with Crippen LogP contribution in [-0.4, -0.2) is 23.2 Å². The Kier molecular flexibility index (Phi) is 4.86. The summed E-state index contributed by atoms with van der Waals surface area (Å²) in [6.45, 7) is 0.0684. The molecule has 2 aromatic rings. The molecule has 5 heteroatoms. The summed E-state index contributed by atoms with van der Waals surface area (Å²) in [7, 11) is 0. The molecule has 0 radical (unpaired) electrons. The summed E-state index contributed by atoms with van der Waals surface area (Å²) in [5, 5.41) is 9.82. The lowest BCUT2D eigenvalue weighted by Crippen LogP contribution is -2.41. The van der Waals surface area contributed by atoms with Crippen molar-refractivity contribution in [1.82, 2.24) is 4.98 Å². The van der Waals surface area contributed by atoms with Crippen molar-refractivity contribution in [3.63, 3.8) is 0 Å². The van der Waals surface area contributed by atoms with E-state index in [1.165, 1.54) is 12.1 Å². The van der Waals surface area contributed by atoms with Crippen molar-refractivity contribution in [2.45, 2.75) is 11.8 Å². The normalized spacial score (nSPS) is 14.0. The van der Waals surface area contributed by atoms with Gasteiger partial charge in [-0.1, -0.05) is 12.1 Å². The lowest BCUT2D eigenvalue weighted by atomic mass is 9.76. The summed E-state index contributed by atoms with van der Waals surface area (Å²) in [5.74, 6) is -0.332. The Hall–Kier alpha value is -1.30. The van der Waals surface area contributed by atoms with E-state index in [0.717, 1.165) is 10.0 Å². The molecule has 0 aliphatic carbocycles. The monoisotopic (exact) mass is 338 g/mol. The van der Waals surface area contributed by atoms with E-state index in [-0.39, 0.29) is 19.0 Å². The number of aliphatic hydroxyl groups is 1. The minimum Gasteiger partial charge on any atom is -0.395 e. The molecule has 1 heterocycles. The summed E-state index contributed by atoms with van der Waals surface area (Å²) in [6, 6.07) is 8.14. The summed E-state index contributed by atoms with van der Waals surface area (Å²) < 4.78 is 14.3. The Morgan fingerprint density at radius 1 is 1.30 bits per heavy atom. The maximum Gasteiger partial charge on any atom is 0.123 e. The number of halogens is 2. The van der Waals surface area contributed by atoms with Crippen LogP contribution >= 0.6 is 15.9 Å². The fraction of sp³-hybridized carbons (Fsp3) is 0.267. The van der Waals surface area contributed by atoms with Gasteiger partial charge in [-0.05, 0) is 51.7 Å². The molecular weight excluding hydrogens is 323 g/mol. The number of aromatic nitrogens is 1.